The van der Waals surface area contributed by atoms with E-state index in [1.807, 2.05) is 67.5 Å². The van der Waals surface area contributed by atoms with E-state index in [4.69, 9.17) is 9.47 Å². The summed E-state index contributed by atoms with van der Waals surface area (Å²) < 4.78 is 17.7. The van der Waals surface area contributed by atoms with Crippen molar-refractivity contribution in [3.05, 3.63) is 96.1 Å². The molecule has 286 valence electrons. The minimum Gasteiger partial charge on any atom is -0.372 e. The quantitative estimate of drug-likeness (QED) is 0.0693. The van der Waals surface area contributed by atoms with Crippen LogP contribution in [0.1, 0.15) is 116 Å². The number of unbranched alkanes of at least 4 members (excludes halogenated alkanes) is 2. The molecule has 0 saturated carbocycles. The number of benzene rings is 4. The lowest BCUT2D eigenvalue weighted by Crippen LogP contribution is -2.49. The van der Waals surface area contributed by atoms with Gasteiger partial charge in [-0.3, -0.25) is 9.59 Å². The molecule has 0 N–H and O–H groups in total. The van der Waals surface area contributed by atoms with Crippen LogP contribution in [0.5, 0.6) is 0 Å². The van der Waals surface area contributed by atoms with Crippen LogP contribution in [0.4, 0.5) is 0 Å². The Labute approximate surface area is 321 Å². The number of ether oxygens (including phenoxy) is 2. The summed E-state index contributed by atoms with van der Waals surface area (Å²) in [6.07, 6.45) is 4.44. The standard InChI is InChI=1S/C48H60N2O4/c1-11-13-27-49-39-21-17-15-19-35(39)37-31-33(23-25-41(37)49)43(51)45(3,4)47(7,8)53-29-30-54-48(9,10)46(5,6)44(52)34-24-26-42-38(32-34)36-20-16-18-22-40(36)50(42)28-14-12-2/h15-26,31-32H,11-14,27-30H2,1-10H3. The van der Waals surface area contributed by atoms with Crippen molar-refractivity contribution < 1.29 is 19.1 Å². The Bertz CT molecular complexity index is 2150. The Morgan fingerprint density at radius 3 is 1.22 bits per heavy atom. The number of hydrogen-bond donors (Lipinski definition) is 0. The number of fused-ring (bicyclic) bond motifs is 6. The first-order valence-corrected chi connectivity index (χ1v) is 20.0. The number of aromatic nitrogens is 2. The SMILES string of the molecule is CCCCn1c2ccccc2c2cc(C(=O)C(C)(C)C(C)(C)OCCOC(C)(C)C(C)(C)C(=O)c3ccc4c(c3)c3ccccc3n4CCCC)ccc21. The van der Waals surface area contributed by atoms with Gasteiger partial charge in [0.1, 0.15) is 0 Å². The lowest BCUT2D eigenvalue weighted by atomic mass is 9.71. The number of nitrogens with zero attached hydrogens (tertiary/aromatic N) is 2. The highest BCUT2D eigenvalue weighted by atomic mass is 16.5. The molecule has 6 nitrogen and oxygen atoms in total. The zero-order valence-electron chi connectivity index (χ0n) is 34.3. The van der Waals surface area contributed by atoms with Gasteiger partial charge in [0, 0.05) is 67.8 Å². The molecule has 2 aromatic heterocycles. The predicted octanol–water partition coefficient (Wildman–Crippen LogP) is 12.2. The summed E-state index contributed by atoms with van der Waals surface area (Å²) in [5, 5.41) is 4.55. The molecule has 2 heterocycles. The fraction of sp³-hybridized carbons (Fsp3) is 0.458. The van der Waals surface area contributed by atoms with E-state index in [9.17, 15) is 9.59 Å². The van der Waals surface area contributed by atoms with Crippen LogP contribution in [-0.2, 0) is 22.6 Å². The molecule has 54 heavy (non-hydrogen) atoms. The third-order valence-electron chi connectivity index (χ3n) is 12.7. The van der Waals surface area contributed by atoms with E-state index in [0.29, 0.717) is 11.1 Å². The van der Waals surface area contributed by atoms with E-state index < -0.39 is 22.0 Å². The number of Topliss-reactive ketones (excluding diaryl/α,β-unsaturated/α-hetero) is 2. The third-order valence-corrected chi connectivity index (χ3v) is 12.7. The van der Waals surface area contributed by atoms with E-state index >= 15 is 0 Å². The lowest BCUT2D eigenvalue weighted by molar-refractivity contribution is -0.134. The van der Waals surface area contributed by atoms with Crippen molar-refractivity contribution in [2.45, 2.75) is 119 Å². The number of aryl methyl sites for hydroxylation is 2. The second-order valence-corrected chi connectivity index (χ2v) is 17.1. The smallest absolute Gasteiger partial charge is 0.171 e. The molecule has 0 radical (unpaired) electrons. The highest BCUT2D eigenvalue weighted by molar-refractivity contribution is 6.13. The average Bonchev–Trinajstić information content (AvgIpc) is 3.65. The van der Waals surface area contributed by atoms with E-state index in [0.717, 1.165) is 60.6 Å². The van der Waals surface area contributed by atoms with Gasteiger partial charge in [0.25, 0.3) is 0 Å². The molecule has 4 aromatic carbocycles. The van der Waals surface area contributed by atoms with Crippen molar-refractivity contribution in [3.63, 3.8) is 0 Å². The second-order valence-electron chi connectivity index (χ2n) is 17.1. The van der Waals surface area contributed by atoms with Gasteiger partial charge in [-0.05, 0) is 117 Å². The van der Waals surface area contributed by atoms with Crippen molar-refractivity contribution in [1.82, 2.24) is 9.13 Å². The summed E-state index contributed by atoms with van der Waals surface area (Å²) >= 11 is 0. The predicted molar refractivity (Wildman–Crippen MR) is 225 cm³/mol. The molecule has 0 atom stereocenters. The topological polar surface area (TPSA) is 62.5 Å². The molecule has 0 spiro atoms. The molecular weight excluding hydrogens is 669 g/mol. The highest BCUT2D eigenvalue weighted by Crippen LogP contribution is 2.41. The molecule has 0 saturated heterocycles. The summed E-state index contributed by atoms with van der Waals surface area (Å²) in [5.41, 5.74) is 2.85. The number of carbonyl (C=O) groups excluding carboxylic acids is 2. The first kappa shape index (κ1) is 39.4. The molecule has 0 amide bonds. The molecule has 0 aliphatic carbocycles. The van der Waals surface area contributed by atoms with Crippen molar-refractivity contribution in [1.29, 1.82) is 0 Å². The Morgan fingerprint density at radius 2 is 0.852 bits per heavy atom. The van der Waals surface area contributed by atoms with Crippen molar-refractivity contribution in [2.75, 3.05) is 13.2 Å². The second kappa shape index (κ2) is 15.1. The van der Waals surface area contributed by atoms with Gasteiger partial charge in [-0.1, -0.05) is 63.1 Å². The Balaban J connectivity index is 1.14. The fourth-order valence-electron chi connectivity index (χ4n) is 7.73. The van der Waals surface area contributed by atoms with Crippen LogP contribution in [0.15, 0.2) is 84.9 Å². The lowest BCUT2D eigenvalue weighted by Gasteiger charge is -2.42. The van der Waals surface area contributed by atoms with Gasteiger partial charge in [-0.15, -0.1) is 0 Å². The molecule has 0 unspecified atom stereocenters. The van der Waals surface area contributed by atoms with Crippen LogP contribution in [0.3, 0.4) is 0 Å². The Hall–Kier alpha value is -4.26. The van der Waals surface area contributed by atoms with Crippen molar-refractivity contribution in [3.8, 4) is 0 Å². The average molecular weight is 729 g/mol. The minimum absolute atomic E-state index is 0.0400. The van der Waals surface area contributed by atoms with Gasteiger partial charge >= 0.3 is 0 Å². The van der Waals surface area contributed by atoms with Crippen LogP contribution in [0.25, 0.3) is 43.6 Å². The van der Waals surface area contributed by atoms with E-state index in [-0.39, 0.29) is 24.8 Å². The molecule has 6 aromatic rings. The maximum absolute atomic E-state index is 14.2. The monoisotopic (exact) mass is 728 g/mol. The summed E-state index contributed by atoms with van der Waals surface area (Å²) in [4.78, 5) is 28.5. The number of para-hydroxylation sites is 2. The molecule has 0 aliphatic heterocycles. The largest absolute Gasteiger partial charge is 0.372 e. The van der Waals surface area contributed by atoms with E-state index in [1.165, 1.54) is 21.8 Å². The first-order valence-electron chi connectivity index (χ1n) is 20.0. The summed E-state index contributed by atoms with van der Waals surface area (Å²) in [6.45, 7) is 22.7. The Morgan fingerprint density at radius 1 is 0.500 bits per heavy atom. The van der Waals surface area contributed by atoms with Gasteiger partial charge < -0.3 is 18.6 Å². The van der Waals surface area contributed by atoms with Gasteiger partial charge in [0.15, 0.2) is 11.6 Å². The zero-order valence-corrected chi connectivity index (χ0v) is 34.3. The van der Waals surface area contributed by atoms with Gasteiger partial charge in [-0.2, -0.15) is 0 Å². The maximum Gasteiger partial charge on any atom is 0.171 e. The number of hydrogen-bond acceptors (Lipinski definition) is 4. The van der Waals surface area contributed by atoms with Crippen molar-refractivity contribution >= 4 is 55.2 Å². The van der Waals surface area contributed by atoms with Crippen LogP contribution < -0.4 is 0 Å². The van der Waals surface area contributed by atoms with Crippen LogP contribution >= 0.6 is 0 Å². The number of ketones is 2. The Kier molecular flexibility index (Phi) is 11.0. The van der Waals surface area contributed by atoms with E-state index in [2.05, 4.69) is 95.8 Å². The zero-order chi connectivity index (χ0) is 39.1. The molecule has 0 bridgehead atoms. The van der Waals surface area contributed by atoms with Gasteiger partial charge in [-0.25, -0.2) is 0 Å². The van der Waals surface area contributed by atoms with E-state index in [1.54, 1.807) is 0 Å². The maximum atomic E-state index is 14.2. The molecular formula is C48H60N2O4. The molecule has 6 rings (SSSR count). The normalized spacial score (nSPS) is 13.1. The number of rotatable bonds is 17. The van der Waals surface area contributed by atoms with Crippen LogP contribution in [-0.4, -0.2) is 45.1 Å². The summed E-state index contributed by atoms with van der Waals surface area (Å²) in [6, 6.07) is 29.2. The summed E-state index contributed by atoms with van der Waals surface area (Å²) in [5.74, 6) is 0.0800. The van der Waals surface area contributed by atoms with Gasteiger partial charge in [0.2, 0.25) is 0 Å². The molecule has 0 fully saturated rings. The fourth-order valence-corrected chi connectivity index (χ4v) is 7.73. The minimum atomic E-state index is -0.829. The molecule has 0 aliphatic rings. The van der Waals surface area contributed by atoms with Gasteiger partial charge in [0.05, 0.1) is 35.2 Å². The summed E-state index contributed by atoms with van der Waals surface area (Å²) in [7, 11) is 0. The first-order chi connectivity index (χ1) is 25.6. The number of carbonyl (C=O) groups is 2. The van der Waals surface area contributed by atoms with Crippen molar-refractivity contribution in [2.24, 2.45) is 10.8 Å². The molecule has 6 heteroatoms. The third kappa shape index (κ3) is 6.92. The highest BCUT2D eigenvalue weighted by Gasteiger charge is 2.46. The van der Waals surface area contributed by atoms with Crippen LogP contribution in [0, 0.1) is 10.8 Å². The van der Waals surface area contributed by atoms with Crippen LogP contribution in [0.2, 0.25) is 0 Å².